The summed E-state index contributed by atoms with van der Waals surface area (Å²) in [6.07, 6.45) is 5.57. The van der Waals surface area contributed by atoms with E-state index in [1.54, 1.807) is 22.9 Å². The molecule has 0 spiro atoms. The molecule has 0 aliphatic heterocycles. The molecule has 78 heavy (non-hydrogen) atoms. The molecule has 7 heteroatoms. The first-order chi connectivity index (χ1) is 40.6. The van der Waals surface area contributed by atoms with E-state index < -0.39 is 48.3 Å². The third-order valence-electron chi connectivity index (χ3n) is 14.7. The molecule has 0 fully saturated rings. The van der Waals surface area contributed by atoms with Gasteiger partial charge in [-0.25, -0.2) is 4.98 Å². The molecule has 0 aliphatic rings. The Bertz CT molecular complexity index is 4810. The molecule has 0 atom stereocenters. The van der Waals surface area contributed by atoms with Gasteiger partial charge in [-0.2, -0.15) is 12.1 Å². The molecule has 0 unspecified atom stereocenters. The van der Waals surface area contributed by atoms with Crippen LogP contribution in [0.15, 0.2) is 206 Å². The zero-order chi connectivity index (χ0) is 59.7. The largest absolute Gasteiger partial charge is 0.510 e. The average molecular weight is 1200 g/mol. The Morgan fingerprint density at radius 3 is 1.88 bits per heavy atom. The summed E-state index contributed by atoms with van der Waals surface area (Å²) >= 11 is 0. The van der Waals surface area contributed by atoms with Crippen molar-refractivity contribution in [3.63, 3.8) is 0 Å². The maximum absolute atomic E-state index is 9.50. The fraction of sp³-hybridized carbons (Fsp3) is 0.155. The smallest absolute Gasteiger partial charge is 0.268 e. The first-order valence-electron chi connectivity index (χ1n) is 30.1. The van der Waals surface area contributed by atoms with Crippen LogP contribution in [0, 0.1) is 18.5 Å². The van der Waals surface area contributed by atoms with Crippen molar-refractivity contribution < 1.29 is 41.3 Å². The van der Waals surface area contributed by atoms with Gasteiger partial charge < -0.3 is 18.4 Å². The Hall–Kier alpha value is -8.31. The summed E-state index contributed by atoms with van der Waals surface area (Å²) in [5.41, 5.74) is 12.4. The Morgan fingerprint density at radius 1 is 0.564 bits per heavy atom. The molecule has 386 valence electrons. The quantitative estimate of drug-likeness (QED) is 0.107. The summed E-state index contributed by atoms with van der Waals surface area (Å²) in [6.45, 7) is 17.8. The summed E-state index contributed by atoms with van der Waals surface area (Å²) in [5, 5.41) is 1.23. The topological polar surface area (TPSA) is 40.8 Å². The molecule has 0 bridgehead atoms. The number of imidazole rings is 1. The number of benzene rings is 9. The molecular weight excluding hydrogens is 1130 g/mol. The van der Waals surface area contributed by atoms with Gasteiger partial charge in [-0.3, -0.25) is 4.57 Å². The summed E-state index contributed by atoms with van der Waals surface area (Å²) in [5.74, 6) is 1.25. The third kappa shape index (κ3) is 8.73. The van der Waals surface area contributed by atoms with Crippen molar-refractivity contribution in [3.05, 3.63) is 241 Å². The summed E-state index contributed by atoms with van der Waals surface area (Å²) in [4.78, 5) is 4.91. The number of hydrogen-bond donors (Lipinski definition) is 0. The molecule has 4 heterocycles. The minimum atomic E-state index is -0.526. The van der Waals surface area contributed by atoms with Crippen molar-refractivity contribution in [1.29, 1.82) is 0 Å². The molecule has 0 saturated heterocycles. The minimum absolute atomic E-state index is 0. The number of hydrogen-bond acceptors (Lipinski definition) is 2. The Labute approximate surface area is 482 Å². The van der Waals surface area contributed by atoms with Crippen LogP contribution in [0.2, 0.25) is 0 Å². The average Bonchev–Trinajstić information content (AvgIpc) is 1.58. The van der Waals surface area contributed by atoms with Crippen LogP contribution < -0.4 is 9.30 Å². The van der Waals surface area contributed by atoms with E-state index >= 15 is 0 Å². The van der Waals surface area contributed by atoms with E-state index in [2.05, 4.69) is 151 Å². The summed E-state index contributed by atoms with van der Waals surface area (Å²) in [6, 6.07) is 54.7. The molecule has 9 aromatic carbocycles. The van der Waals surface area contributed by atoms with Crippen LogP contribution in [0.1, 0.15) is 89.0 Å². The van der Waals surface area contributed by atoms with Crippen molar-refractivity contribution in [2.75, 3.05) is 0 Å². The molecule has 0 radical (unpaired) electrons. The molecule has 0 N–H and O–H groups in total. The van der Waals surface area contributed by atoms with Crippen molar-refractivity contribution >= 4 is 54.6 Å². The molecule has 4 aromatic heterocycles. The van der Waals surface area contributed by atoms with Crippen LogP contribution >= 0.6 is 0 Å². The van der Waals surface area contributed by atoms with E-state index in [0.29, 0.717) is 33.8 Å². The Kier molecular flexibility index (Phi) is 10.5. The van der Waals surface area contributed by atoms with Crippen molar-refractivity contribution in [2.24, 2.45) is 0 Å². The molecule has 0 aliphatic carbocycles. The number of ether oxygens (including phenoxy) is 1. The molecular formula is C71H59N5OPt-2. The monoisotopic (exact) mass is 1200 g/mol. The van der Waals surface area contributed by atoms with Crippen LogP contribution in [0.3, 0.4) is 0 Å². The first-order valence-corrected chi connectivity index (χ1v) is 26.1. The van der Waals surface area contributed by atoms with Crippen LogP contribution in [-0.4, -0.2) is 18.7 Å². The van der Waals surface area contributed by atoms with E-state index in [0.717, 1.165) is 55.4 Å². The number of fused-ring (bicyclic) bond motifs is 7. The van der Waals surface area contributed by atoms with Gasteiger partial charge in [0.1, 0.15) is 5.82 Å². The van der Waals surface area contributed by atoms with Crippen LogP contribution in [0.4, 0.5) is 0 Å². The fourth-order valence-electron chi connectivity index (χ4n) is 10.7. The minimum Gasteiger partial charge on any atom is -0.510 e. The van der Waals surface area contributed by atoms with Gasteiger partial charge in [-0.15, -0.1) is 24.3 Å². The second-order valence-corrected chi connectivity index (χ2v) is 22.1. The number of para-hydroxylation sites is 6. The number of nitrogens with zero attached hydrogens (tertiary/aromatic N) is 5. The predicted molar refractivity (Wildman–Crippen MR) is 317 cm³/mol. The summed E-state index contributed by atoms with van der Waals surface area (Å²) in [7, 11) is 0. The molecule has 0 amide bonds. The van der Waals surface area contributed by atoms with E-state index in [4.69, 9.17) is 15.2 Å². The Morgan fingerprint density at radius 2 is 1.19 bits per heavy atom. The second kappa shape index (κ2) is 19.6. The fourth-order valence-corrected chi connectivity index (χ4v) is 10.7. The molecule has 13 rings (SSSR count). The first kappa shape index (κ1) is 41.8. The SMILES string of the molecule is [2H]c1c([2H])c([2H])c2c(c1[2H])c1c([2H])c([2H])c([2H])c([2H])c1n2-c1cc(Oc2[c-]c(-n3[c-][n+](-c4c(-c5ccccc5)cccc4-c4cc(C(C)(C)C)cc(C(C)(C)C)c4)c4ccccc43)ccc2)[c-]c2c1c1ccccc1n2-c1cc(C(C)C)ccn1.[Pt]. The maximum Gasteiger partial charge on any atom is 0.268 e. The number of pyridine rings is 1. The maximum atomic E-state index is 9.50. The number of rotatable bonds is 9. The van der Waals surface area contributed by atoms with Gasteiger partial charge in [-0.1, -0.05) is 212 Å². The van der Waals surface area contributed by atoms with Crippen LogP contribution in [0.25, 0.3) is 99.8 Å². The zero-order valence-corrected chi connectivity index (χ0v) is 46.8. The third-order valence-corrected chi connectivity index (χ3v) is 14.7. The summed E-state index contributed by atoms with van der Waals surface area (Å²) < 4.78 is 87.7. The second-order valence-electron chi connectivity index (χ2n) is 22.1. The van der Waals surface area contributed by atoms with E-state index in [1.165, 1.54) is 11.1 Å². The van der Waals surface area contributed by atoms with Gasteiger partial charge in [-0.05, 0) is 103 Å². The normalized spacial score (nSPS) is 13.6. The van der Waals surface area contributed by atoms with Crippen molar-refractivity contribution in [1.82, 2.24) is 18.7 Å². The predicted octanol–water partition coefficient (Wildman–Crippen LogP) is 17.7. The van der Waals surface area contributed by atoms with Crippen molar-refractivity contribution in [2.45, 2.75) is 72.1 Å². The Balaban J connectivity index is 0.00000724. The van der Waals surface area contributed by atoms with Gasteiger partial charge in [0.15, 0.2) is 0 Å². The van der Waals surface area contributed by atoms with Gasteiger partial charge in [0.05, 0.1) is 38.7 Å². The standard InChI is InChI=1S/C71H59N5O.Pt/c1-46(2)48-36-37-72-67(40-48)76-62-33-17-14-28-59(62)68-65(75-60-31-15-12-26-57(60)58-27-13-16-32-61(58)75)43-54(44-66(68)76)77-53-25-20-24-52(42-53)73-45-74(64-35-19-18-34-63(64)73)69-55(47-22-10-9-11-23-47)29-21-30-56(69)49-38-50(70(3,4)5)41-51(39-49)71(6,7)8;/h9-41,43,46H,1-8H3;/q-2;/i12D,13D,15D,16D,26D,27D,31D,32D;. The zero-order valence-electron chi connectivity index (χ0n) is 52.5. The van der Waals surface area contributed by atoms with E-state index in [1.807, 2.05) is 75.9 Å². The molecule has 6 nitrogen and oxygen atoms in total. The molecule has 13 aromatic rings. The number of aromatic nitrogens is 5. The van der Waals surface area contributed by atoms with Crippen LogP contribution in [-0.2, 0) is 31.9 Å². The molecule has 0 saturated carbocycles. The van der Waals surface area contributed by atoms with Gasteiger partial charge in [0, 0.05) is 55.1 Å². The van der Waals surface area contributed by atoms with E-state index in [-0.39, 0.29) is 65.4 Å². The van der Waals surface area contributed by atoms with E-state index in [9.17, 15) is 5.48 Å². The van der Waals surface area contributed by atoms with Gasteiger partial charge in [0.2, 0.25) is 0 Å². The van der Waals surface area contributed by atoms with Crippen LogP contribution in [0.5, 0.6) is 11.5 Å². The van der Waals surface area contributed by atoms with Gasteiger partial charge in [0.25, 0.3) is 6.33 Å². The van der Waals surface area contributed by atoms with Gasteiger partial charge >= 0.3 is 0 Å². The van der Waals surface area contributed by atoms with Crippen molar-refractivity contribution in [3.8, 4) is 56.6 Å².